The number of allylic oxidation sites excluding steroid dienone is 2. The molecule has 158 valence electrons. The maximum Gasteiger partial charge on any atom is 0.297 e. The number of benzene rings is 2. The molecule has 1 fully saturated rings. The van der Waals surface area contributed by atoms with Gasteiger partial charge in [0, 0.05) is 21.9 Å². The van der Waals surface area contributed by atoms with Gasteiger partial charge in [0.2, 0.25) is 0 Å². The lowest BCUT2D eigenvalue weighted by atomic mass is 9.80. The predicted octanol–water partition coefficient (Wildman–Crippen LogP) is 5.45. The third kappa shape index (κ3) is 4.34. The van der Waals surface area contributed by atoms with E-state index in [0.717, 1.165) is 23.7 Å². The molecule has 2 aliphatic carbocycles. The third-order valence-electron chi connectivity index (χ3n) is 5.66. The third-order valence-corrected chi connectivity index (χ3v) is 6.16. The lowest BCUT2D eigenvalue weighted by Crippen LogP contribution is -2.21. The Hall–Kier alpha value is -3.13. The highest BCUT2D eigenvalue weighted by Crippen LogP contribution is 2.43. The number of hydrogen-bond donors (Lipinski definition) is 2. The lowest BCUT2D eigenvalue weighted by molar-refractivity contribution is -0.120. The molecule has 0 spiro atoms. The molecule has 0 aliphatic heterocycles. The van der Waals surface area contributed by atoms with E-state index in [-0.39, 0.29) is 46.2 Å². The van der Waals surface area contributed by atoms with E-state index < -0.39 is 5.91 Å². The van der Waals surface area contributed by atoms with Crippen LogP contribution in [0.1, 0.15) is 46.4 Å². The second-order valence-electron chi connectivity index (χ2n) is 7.61. The summed E-state index contributed by atoms with van der Waals surface area (Å²) in [5.41, 5.74) is 0.715. The minimum atomic E-state index is -0.715. The Morgan fingerprint density at radius 2 is 1.77 bits per heavy atom. The van der Waals surface area contributed by atoms with Gasteiger partial charge in [0.1, 0.15) is 5.76 Å². The summed E-state index contributed by atoms with van der Waals surface area (Å²) < 4.78 is 0.758. The molecule has 0 bridgehead atoms. The number of fused-ring (bicyclic) bond motifs is 1. The maximum absolute atomic E-state index is 12.7. The summed E-state index contributed by atoms with van der Waals surface area (Å²) >= 11 is 3.32. The van der Waals surface area contributed by atoms with E-state index >= 15 is 0 Å². The van der Waals surface area contributed by atoms with Crippen molar-refractivity contribution in [1.29, 1.82) is 0 Å². The van der Waals surface area contributed by atoms with Crippen LogP contribution in [0.15, 0.2) is 74.7 Å². The molecule has 0 heterocycles. The van der Waals surface area contributed by atoms with Gasteiger partial charge in [-0.3, -0.25) is 14.4 Å². The zero-order valence-electron chi connectivity index (χ0n) is 16.5. The normalized spacial score (nSPS) is 20.7. The van der Waals surface area contributed by atoms with E-state index in [1.807, 2.05) is 0 Å². The molecule has 7 nitrogen and oxygen atoms in total. The van der Waals surface area contributed by atoms with E-state index in [9.17, 15) is 19.5 Å². The number of para-hydroxylation sites is 1. The van der Waals surface area contributed by atoms with Crippen molar-refractivity contribution in [3.63, 3.8) is 0 Å². The topological polar surface area (TPSA) is 108 Å². The van der Waals surface area contributed by atoms with Crippen LogP contribution < -0.4 is 5.32 Å². The highest BCUT2D eigenvalue weighted by Gasteiger charge is 2.43. The van der Waals surface area contributed by atoms with Crippen molar-refractivity contribution in [3.05, 3.63) is 75.6 Å². The molecule has 0 saturated heterocycles. The second kappa shape index (κ2) is 8.93. The van der Waals surface area contributed by atoms with Crippen molar-refractivity contribution in [2.45, 2.75) is 25.7 Å². The Morgan fingerprint density at radius 3 is 2.52 bits per heavy atom. The Kier molecular flexibility index (Phi) is 6.08. The molecule has 1 saturated carbocycles. The van der Waals surface area contributed by atoms with E-state index in [4.69, 9.17) is 0 Å². The number of azo groups is 1. The second-order valence-corrected chi connectivity index (χ2v) is 8.53. The quantitative estimate of drug-likeness (QED) is 0.565. The van der Waals surface area contributed by atoms with Crippen molar-refractivity contribution >= 4 is 39.2 Å². The van der Waals surface area contributed by atoms with Gasteiger partial charge in [-0.15, -0.1) is 10.2 Å². The first-order valence-corrected chi connectivity index (χ1v) is 10.8. The van der Waals surface area contributed by atoms with Crippen LogP contribution in [-0.2, 0) is 4.79 Å². The molecule has 2 aromatic rings. The number of nitrogens with zero attached hydrogens (tertiary/aromatic N) is 2. The van der Waals surface area contributed by atoms with Gasteiger partial charge in [0.05, 0.1) is 11.3 Å². The molecular formula is C23H20BrN3O4. The first-order chi connectivity index (χ1) is 15.0. The Balaban J connectivity index is 1.54. The largest absolute Gasteiger partial charge is 0.510 e. The van der Waals surface area contributed by atoms with Crippen LogP contribution in [0.4, 0.5) is 5.69 Å². The average molecular weight is 482 g/mol. The van der Waals surface area contributed by atoms with Crippen molar-refractivity contribution in [2.24, 2.45) is 22.1 Å². The van der Waals surface area contributed by atoms with Gasteiger partial charge in [-0.05, 0) is 43.2 Å². The smallest absolute Gasteiger partial charge is 0.297 e. The average Bonchev–Trinajstić information content (AvgIpc) is 3.02. The molecule has 4 rings (SSSR count). The van der Waals surface area contributed by atoms with E-state index in [1.165, 1.54) is 6.07 Å². The Morgan fingerprint density at radius 1 is 1.03 bits per heavy atom. The van der Waals surface area contributed by atoms with Crippen LogP contribution in [0.2, 0.25) is 0 Å². The van der Waals surface area contributed by atoms with Crippen molar-refractivity contribution < 1.29 is 19.5 Å². The molecule has 0 radical (unpaired) electrons. The summed E-state index contributed by atoms with van der Waals surface area (Å²) in [7, 11) is 0. The van der Waals surface area contributed by atoms with Crippen molar-refractivity contribution in [1.82, 2.24) is 0 Å². The summed E-state index contributed by atoms with van der Waals surface area (Å²) in [5, 5.41) is 20.6. The molecule has 2 unspecified atom stereocenters. The number of amides is 2. The van der Waals surface area contributed by atoms with Crippen LogP contribution in [0.5, 0.6) is 0 Å². The highest BCUT2D eigenvalue weighted by atomic mass is 79.9. The summed E-state index contributed by atoms with van der Waals surface area (Å²) in [4.78, 5) is 37.8. The van der Waals surface area contributed by atoms with Gasteiger partial charge >= 0.3 is 0 Å². The fourth-order valence-electron chi connectivity index (χ4n) is 4.10. The number of carbonyl (C=O) groups excluding carboxylic acids is 3. The summed E-state index contributed by atoms with van der Waals surface area (Å²) in [6.45, 7) is 0. The number of aliphatic hydroxyl groups is 1. The maximum atomic E-state index is 12.7. The molecule has 2 aromatic carbocycles. The molecular weight excluding hydrogens is 462 g/mol. The fraction of sp³-hybridized carbons (Fsp3) is 0.261. The van der Waals surface area contributed by atoms with Gasteiger partial charge < -0.3 is 10.4 Å². The van der Waals surface area contributed by atoms with Crippen LogP contribution in [0.3, 0.4) is 0 Å². The minimum absolute atomic E-state index is 0.0671. The number of ketones is 1. The standard InChI is InChI=1S/C23H20BrN3O4/c24-14-7-5-6-13(12-14)22(30)25-18-11-4-3-10-17(18)23(31)27-26-19-20(28)15-8-1-2-9-16(15)21(19)29/h3-7,10-12,15-16,28H,1-2,8-9H2,(H,25,30). The van der Waals surface area contributed by atoms with Gasteiger partial charge in [-0.1, -0.05) is 47.0 Å². The highest BCUT2D eigenvalue weighted by molar-refractivity contribution is 9.10. The number of rotatable bonds is 4. The van der Waals surface area contributed by atoms with Crippen LogP contribution in [0, 0.1) is 11.8 Å². The van der Waals surface area contributed by atoms with Gasteiger partial charge in [-0.2, -0.15) is 0 Å². The molecule has 8 heteroatoms. The zero-order chi connectivity index (χ0) is 22.0. The lowest BCUT2D eigenvalue weighted by Gasteiger charge is -2.23. The van der Waals surface area contributed by atoms with E-state index in [1.54, 1.807) is 42.5 Å². The number of halogens is 1. The summed E-state index contributed by atoms with van der Waals surface area (Å²) in [6.07, 6.45) is 3.34. The Bertz CT molecular complexity index is 1130. The van der Waals surface area contributed by atoms with E-state index in [2.05, 4.69) is 31.5 Å². The van der Waals surface area contributed by atoms with Crippen LogP contribution >= 0.6 is 15.9 Å². The number of carbonyl (C=O) groups is 3. The fourth-order valence-corrected chi connectivity index (χ4v) is 4.50. The van der Waals surface area contributed by atoms with Crippen LogP contribution in [-0.4, -0.2) is 22.7 Å². The van der Waals surface area contributed by atoms with Gasteiger partial charge in [-0.25, -0.2) is 0 Å². The first kappa shape index (κ1) is 21.1. The molecule has 31 heavy (non-hydrogen) atoms. The number of Topliss-reactive ketones (excluding diaryl/α,β-unsaturated/α-hetero) is 1. The zero-order valence-corrected chi connectivity index (χ0v) is 18.1. The number of hydrogen-bond acceptors (Lipinski definition) is 5. The molecule has 0 aromatic heterocycles. The van der Waals surface area contributed by atoms with E-state index in [0.29, 0.717) is 12.0 Å². The monoisotopic (exact) mass is 481 g/mol. The van der Waals surface area contributed by atoms with Gasteiger partial charge in [0.25, 0.3) is 11.8 Å². The minimum Gasteiger partial charge on any atom is -0.510 e. The molecule has 2 N–H and O–H groups in total. The van der Waals surface area contributed by atoms with Crippen LogP contribution in [0.25, 0.3) is 0 Å². The predicted molar refractivity (Wildman–Crippen MR) is 118 cm³/mol. The molecule has 2 amide bonds. The number of anilines is 1. The van der Waals surface area contributed by atoms with Crippen molar-refractivity contribution in [3.8, 4) is 0 Å². The number of nitrogens with one attached hydrogen (secondary N) is 1. The molecule has 2 aliphatic rings. The first-order valence-electron chi connectivity index (χ1n) is 10.0. The van der Waals surface area contributed by atoms with Crippen molar-refractivity contribution in [2.75, 3.05) is 5.32 Å². The SMILES string of the molecule is O=C(Nc1ccccc1C(=O)N=NC1=C(O)C2CCCCC2C1=O)c1cccc(Br)c1. The Labute approximate surface area is 187 Å². The molecule has 2 atom stereocenters. The summed E-state index contributed by atoms with van der Waals surface area (Å²) in [6, 6.07) is 13.3. The summed E-state index contributed by atoms with van der Waals surface area (Å²) in [5.74, 6) is -1.91. The number of aliphatic hydroxyl groups excluding tert-OH is 1. The van der Waals surface area contributed by atoms with Gasteiger partial charge in [0.15, 0.2) is 11.5 Å².